The zero-order chi connectivity index (χ0) is 15.8. The molecule has 5 heteroatoms. The van der Waals surface area contributed by atoms with Crippen LogP contribution in [0.4, 0.5) is 0 Å². The molecule has 0 saturated heterocycles. The first-order chi connectivity index (χ1) is 10.7. The number of nitrogens with zero attached hydrogens (tertiary/aromatic N) is 1. The first-order valence-electron chi connectivity index (χ1n) is 7.02. The van der Waals surface area contributed by atoms with Gasteiger partial charge in [-0.15, -0.1) is 0 Å². The monoisotopic (exact) mass is 316 g/mol. The van der Waals surface area contributed by atoms with E-state index in [2.05, 4.69) is 10.5 Å². The van der Waals surface area contributed by atoms with Gasteiger partial charge in [0.15, 0.2) is 0 Å². The largest absolute Gasteiger partial charge is 0.493 e. The van der Waals surface area contributed by atoms with Gasteiger partial charge in [-0.05, 0) is 30.7 Å². The van der Waals surface area contributed by atoms with Crippen LogP contribution in [-0.2, 0) is 0 Å². The van der Waals surface area contributed by atoms with Gasteiger partial charge in [-0.1, -0.05) is 42.8 Å². The number of nitrogens with one attached hydrogen (secondary N) is 1. The van der Waals surface area contributed by atoms with E-state index in [0.29, 0.717) is 17.2 Å². The van der Waals surface area contributed by atoms with E-state index in [-0.39, 0.29) is 5.91 Å². The minimum absolute atomic E-state index is 0.353. The third-order valence-corrected chi connectivity index (χ3v) is 3.20. The van der Waals surface area contributed by atoms with E-state index in [1.54, 1.807) is 30.5 Å². The molecule has 114 valence electrons. The highest BCUT2D eigenvalue weighted by atomic mass is 35.5. The number of rotatable bonds is 6. The second-order valence-electron chi connectivity index (χ2n) is 4.57. The fraction of sp³-hybridized carbons (Fsp3) is 0.176. The molecule has 0 atom stereocenters. The summed E-state index contributed by atoms with van der Waals surface area (Å²) in [6.07, 6.45) is 2.48. The number of halogens is 1. The molecule has 0 aliphatic carbocycles. The lowest BCUT2D eigenvalue weighted by atomic mass is 10.2. The number of ether oxygens (including phenoxy) is 1. The van der Waals surface area contributed by atoms with Crippen molar-refractivity contribution in [2.75, 3.05) is 6.61 Å². The van der Waals surface area contributed by atoms with Gasteiger partial charge < -0.3 is 4.74 Å². The molecule has 0 aliphatic rings. The minimum atomic E-state index is -0.353. The molecule has 2 rings (SSSR count). The van der Waals surface area contributed by atoms with Crippen molar-refractivity contribution in [1.29, 1.82) is 0 Å². The highest BCUT2D eigenvalue weighted by Crippen LogP contribution is 2.16. The number of carbonyl (C=O) groups is 1. The number of carbonyl (C=O) groups excluding carboxylic acids is 1. The number of para-hydroxylation sites is 1. The van der Waals surface area contributed by atoms with E-state index in [1.165, 1.54) is 0 Å². The third-order valence-electron chi connectivity index (χ3n) is 2.87. The Morgan fingerprint density at radius 2 is 1.95 bits per heavy atom. The fourth-order valence-corrected chi connectivity index (χ4v) is 2.02. The van der Waals surface area contributed by atoms with E-state index >= 15 is 0 Å². The molecule has 0 aromatic heterocycles. The zero-order valence-electron chi connectivity index (χ0n) is 12.3. The Balaban J connectivity index is 2.04. The summed E-state index contributed by atoms with van der Waals surface area (Å²) in [6.45, 7) is 2.68. The lowest BCUT2D eigenvalue weighted by Crippen LogP contribution is -2.18. The Morgan fingerprint density at radius 1 is 1.23 bits per heavy atom. The maximum atomic E-state index is 12.0. The van der Waals surface area contributed by atoms with E-state index in [9.17, 15) is 4.79 Å². The van der Waals surface area contributed by atoms with Crippen LogP contribution >= 0.6 is 11.6 Å². The van der Waals surface area contributed by atoms with Crippen LogP contribution in [0.2, 0.25) is 5.02 Å². The van der Waals surface area contributed by atoms with Crippen molar-refractivity contribution in [2.24, 2.45) is 5.10 Å². The van der Waals surface area contributed by atoms with Crippen LogP contribution in [0.1, 0.15) is 29.3 Å². The molecule has 2 aromatic rings. The molecule has 0 fully saturated rings. The Hall–Kier alpha value is -2.33. The van der Waals surface area contributed by atoms with Crippen LogP contribution in [0.5, 0.6) is 5.75 Å². The molecule has 0 aliphatic heterocycles. The molecule has 0 bridgehead atoms. The summed E-state index contributed by atoms with van der Waals surface area (Å²) in [5, 5.41) is 4.36. The lowest BCUT2D eigenvalue weighted by molar-refractivity contribution is 0.0955. The number of hydrazone groups is 1. The molecule has 4 nitrogen and oxygen atoms in total. The van der Waals surface area contributed by atoms with Gasteiger partial charge >= 0.3 is 0 Å². The summed E-state index contributed by atoms with van der Waals surface area (Å²) in [5.74, 6) is 0.383. The van der Waals surface area contributed by atoms with Gasteiger partial charge in [0, 0.05) is 5.56 Å². The SMILES string of the molecule is CCCOc1ccccc1/C=N/NC(=O)c1ccccc1Cl. The summed E-state index contributed by atoms with van der Waals surface area (Å²) in [5.41, 5.74) is 3.65. The molecule has 0 radical (unpaired) electrons. The van der Waals surface area contributed by atoms with Crippen LogP contribution in [0.3, 0.4) is 0 Å². The predicted octanol–water partition coefficient (Wildman–Crippen LogP) is 3.89. The standard InChI is InChI=1S/C17H17ClN2O2/c1-2-11-22-16-10-6-3-7-13(16)12-19-20-17(21)14-8-4-5-9-15(14)18/h3-10,12H,2,11H2,1H3,(H,20,21)/b19-12+. The Bertz CT molecular complexity index is 671. The van der Waals surface area contributed by atoms with Crippen molar-refractivity contribution in [2.45, 2.75) is 13.3 Å². The molecule has 1 N–H and O–H groups in total. The van der Waals surface area contributed by atoms with Crippen LogP contribution in [0.25, 0.3) is 0 Å². The Labute approximate surface area is 134 Å². The molecule has 0 unspecified atom stereocenters. The van der Waals surface area contributed by atoms with Gasteiger partial charge in [-0.25, -0.2) is 5.43 Å². The Morgan fingerprint density at radius 3 is 2.73 bits per heavy atom. The second-order valence-corrected chi connectivity index (χ2v) is 4.97. The molecule has 22 heavy (non-hydrogen) atoms. The second kappa shape index (κ2) is 8.20. The van der Waals surface area contributed by atoms with Crippen LogP contribution < -0.4 is 10.2 Å². The van der Waals surface area contributed by atoms with Crippen LogP contribution in [-0.4, -0.2) is 18.7 Å². The highest BCUT2D eigenvalue weighted by molar-refractivity contribution is 6.33. The molecule has 0 heterocycles. The normalized spacial score (nSPS) is 10.6. The molecule has 0 saturated carbocycles. The van der Waals surface area contributed by atoms with Gasteiger partial charge in [0.2, 0.25) is 0 Å². The first-order valence-corrected chi connectivity index (χ1v) is 7.40. The first kappa shape index (κ1) is 16.0. The van der Waals surface area contributed by atoms with Crippen molar-refractivity contribution >= 4 is 23.7 Å². The Kier molecular flexibility index (Phi) is 5.98. The van der Waals surface area contributed by atoms with Crippen molar-refractivity contribution in [1.82, 2.24) is 5.43 Å². The van der Waals surface area contributed by atoms with Gasteiger partial charge in [-0.2, -0.15) is 5.10 Å². The van der Waals surface area contributed by atoms with E-state index in [1.807, 2.05) is 31.2 Å². The fourth-order valence-electron chi connectivity index (χ4n) is 1.80. The molecule has 0 spiro atoms. The summed E-state index contributed by atoms with van der Waals surface area (Å²) >= 11 is 5.96. The summed E-state index contributed by atoms with van der Waals surface area (Å²) in [7, 11) is 0. The van der Waals surface area contributed by atoms with Crippen molar-refractivity contribution in [3.63, 3.8) is 0 Å². The summed E-state index contributed by atoms with van der Waals surface area (Å²) < 4.78 is 5.62. The molecular formula is C17H17ClN2O2. The van der Waals surface area contributed by atoms with Gasteiger partial charge in [-0.3, -0.25) is 4.79 Å². The van der Waals surface area contributed by atoms with Crippen LogP contribution in [0.15, 0.2) is 53.6 Å². The summed E-state index contributed by atoms with van der Waals surface area (Å²) in [6, 6.07) is 14.3. The zero-order valence-corrected chi connectivity index (χ0v) is 13.0. The lowest BCUT2D eigenvalue weighted by Gasteiger charge is -2.07. The number of hydrogen-bond donors (Lipinski definition) is 1. The van der Waals surface area contributed by atoms with Crippen molar-refractivity contribution in [3.8, 4) is 5.75 Å². The quantitative estimate of drug-likeness (QED) is 0.649. The maximum Gasteiger partial charge on any atom is 0.272 e. The van der Waals surface area contributed by atoms with Crippen molar-refractivity contribution in [3.05, 3.63) is 64.7 Å². The smallest absolute Gasteiger partial charge is 0.272 e. The van der Waals surface area contributed by atoms with Gasteiger partial charge in [0.1, 0.15) is 5.75 Å². The van der Waals surface area contributed by atoms with Crippen LogP contribution in [0, 0.1) is 0 Å². The third kappa shape index (κ3) is 4.33. The van der Waals surface area contributed by atoms with E-state index in [4.69, 9.17) is 16.3 Å². The molecule has 1 amide bonds. The van der Waals surface area contributed by atoms with Crippen molar-refractivity contribution < 1.29 is 9.53 Å². The number of benzene rings is 2. The molecular weight excluding hydrogens is 300 g/mol. The highest BCUT2D eigenvalue weighted by Gasteiger charge is 2.08. The van der Waals surface area contributed by atoms with Gasteiger partial charge in [0.05, 0.1) is 23.4 Å². The number of hydrogen-bond acceptors (Lipinski definition) is 3. The van der Waals surface area contributed by atoms with E-state index in [0.717, 1.165) is 17.7 Å². The average Bonchev–Trinajstić information content (AvgIpc) is 2.54. The van der Waals surface area contributed by atoms with E-state index < -0.39 is 0 Å². The van der Waals surface area contributed by atoms with Gasteiger partial charge in [0.25, 0.3) is 5.91 Å². The maximum absolute atomic E-state index is 12.0. The molecule has 2 aromatic carbocycles. The predicted molar refractivity (Wildman–Crippen MR) is 88.7 cm³/mol. The minimum Gasteiger partial charge on any atom is -0.493 e. The number of amides is 1. The topological polar surface area (TPSA) is 50.7 Å². The summed E-state index contributed by atoms with van der Waals surface area (Å²) in [4.78, 5) is 12.0. The average molecular weight is 317 g/mol.